The third-order valence-corrected chi connectivity index (χ3v) is 5.78. The lowest BCUT2D eigenvalue weighted by Gasteiger charge is -2.22. The minimum Gasteiger partial charge on any atom is -0.475 e. The van der Waals surface area contributed by atoms with Crippen LogP contribution in [0.5, 0.6) is 0 Å². The number of hydrogen-bond acceptors (Lipinski definition) is 3. The maximum atomic E-state index is 12.5. The van der Waals surface area contributed by atoms with E-state index >= 15 is 0 Å². The van der Waals surface area contributed by atoms with Crippen LogP contribution >= 0.6 is 0 Å². The zero-order valence-corrected chi connectivity index (χ0v) is 16.1. The number of aryl methyl sites for hydroxylation is 1. The Morgan fingerprint density at radius 1 is 1.14 bits per heavy atom. The number of carboxylic acid groups (broad SMARTS) is 1. The second-order valence-corrected chi connectivity index (χ2v) is 7.57. The summed E-state index contributed by atoms with van der Waals surface area (Å²) in [5, 5.41) is 9.90. The van der Waals surface area contributed by atoms with Gasteiger partial charge in [0.05, 0.1) is 11.4 Å². The minimum atomic E-state index is -1.51. The van der Waals surface area contributed by atoms with E-state index in [4.69, 9.17) is 5.73 Å². The molecule has 0 aliphatic heterocycles. The number of carboxylic acids is 1. The topological polar surface area (TPSA) is 102 Å². The van der Waals surface area contributed by atoms with Crippen LogP contribution < -0.4 is 5.73 Å². The standard InChI is InChI=1S/C23H22N2O4/c1-13-10-11-15(21(26)23(28)29)19-18-16(22(24)27)8-5-9-17(18)25(20(13)19)12-14-6-3-2-4-7-14/h2-4,6-7,10-11,16H,5,8-9,12H2,1H3,(H2,24,27)(H,28,29). The van der Waals surface area contributed by atoms with Crippen molar-refractivity contribution >= 4 is 28.6 Å². The number of rotatable bonds is 5. The third kappa shape index (κ3) is 3.10. The Hall–Kier alpha value is -3.41. The molecule has 1 heterocycles. The fourth-order valence-electron chi connectivity index (χ4n) is 4.53. The van der Waals surface area contributed by atoms with Crippen LogP contribution in [-0.4, -0.2) is 27.3 Å². The van der Waals surface area contributed by atoms with Crippen LogP contribution in [0.4, 0.5) is 0 Å². The Morgan fingerprint density at radius 2 is 1.86 bits per heavy atom. The Balaban J connectivity index is 2.08. The molecule has 1 aromatic heterocycles. The Morgan fingerprint density at radius 3 is 2.52 bits per heavy atom. The number of nitrogens with two attached hydrogens (primary N) is 1. The van der Waals surface area contributed by atoms with Crippen LogP contribution in [0.2, 0.25) is 0 Å². The van der Waals surface area contributed by atoms with E-state index in [0.29, 0.717) is 18.4 Å². The van der Waals surface area contributed by atoms with Crippen molar-refractivity contribution in [3.63, 3.8) is 0 Å². The number of ketones is 1. The molecule has 2 aromatic carbocycles. The first kappa shape index (κ1) is 18.9. The zero-order chi connectivity index (χ0) is 20.7. The highest BCUT2D eigenvalue weighted by molar-refractivity contribution is 6.42. The molecule has 0 saturated carbocycles. The average Bonchev–Trinajstić information content (AvgIpc) is 3.04. The number of amides is 1. The predicted octanol–water partition coefficient (Wildman–Crippen LogP) is 3.17. The van der Waals surface area contributed by atoms with E-state index in [-0.39, 0.29) is 5.56 Å². The molecule has 1 aliphatic rings. The normalized spacial score (nSPS) is 15.8. The molecule has 0 radical (unpaired) electrons. The number of aliphatic carboxylic acids is 1. The van der Waals surface area contributed by atoms with E-state index in [1.165, 1.54) is 0 Å². The summed E-state index contributed by atoms with van der Waals surface area (Å²) in [5.41, 5.74) is 10.3. The van der Waals surface area contributed by atoms with E-state index in [9.17, 15) is 19.5 Å². The van der Waals surface area contributed by atoms with Gasteiger partial charge in [0.25, 0.3) is 5.78 Å². The molecule has 1 unspecified atom stereocenters. The van der Waals surface area contributed by atoms with E-state index in [0.717, 1.165) is 40.7 Å². The van der Waals surface area contributed by atoms with Gasteiger partial charge in [0, 0.05) is 23.2 Å². The first-order chi connectivity index (χ1) is 13.9. The van der Waals surface area contributed by atoms with Gasteiger partial charge < -0.3 is 15.4 Å². The molecule has 3 N–H and O–H groups in total. The summed E-state index contributed by atoms with van der Waals surface area (Å²) in [5.74, 6) is -3.45. The summed E-state index contributed by atoms with van der Waals surface area (Å²) in [6, 6.07) is 13.2. The average molecular weight is 390 g/mol. The predicted molar refractivity (Wildman–Crippen MR) is 109 cm³/mol. The van der Waals surface area contributed by atoms with Crippen LogP contribution in [0.15, 0.2) is 42.5 Å². The van der Waals surface area contributed by atoms with Crippen LogP contribution in [0.1, 0.15) is 51.5 Å². The van der Waals surface area contributed by atoms with Crippen LogP contribution in [0, 0.1) is 6.92 Å². The number of fused-ring (bicyclic) bond motifs is 3. The van der Waals surface area contributed by atoms with Crippen molar-refractivity contribution in [3.8, 4) is 0 Å². The number of Topliss-reactive ketones (excluding diaryl/α,β-unsaturated/α-hetero) is 1. The van der Waals surface area contributed by atoms with Gasteiger partial charge in [-0.1, -0.05) is 36.4 Å². The van der Waals surface area contributed by atoms with Gasteiger partial charge >= 0.3 is 5.97 Å². The molecule has 148 valence electrons. The molecule has 0 fully saturated rings. The van der Waals surface area contributed by atoms with E-state index in [1.54, 1.807) is 12.1 Å². The lowest BCUT2D eigenvalue weighted by Crippen LogP contribution is -2.25. The Labute approximate surface area is 167 Å². The summed E-state index contributed by atoms with van der Waals surface area (Å²) < 4.78 is 2.13. The number of nitrogens with zero attached hydrogens (tertiary/aromatic N) is 1. The van der Waals surface area contributed by atoms with Gasteiger partial charge in [-0.15, -0.1) is 0 Å². The molecule has 6 heteroatoms. The minimum absolute atomic E-state index is 0.120. The molecule has 0 spiro atoms. The summed E-state index contributed by atoms with van der Waals surface area (Å²) in [7, 11) is 0. The molecule has 1 atom stereocenters. The largest absolute Gasteiger partial charge is 0.475 e. The van der Waals surface area contributed by atoms with Crippen molar-refractivity contribution in [2.45, 2.75) is 38.6 Å². The second kappa shape index (κ2) is 7.20. The molecule has 1 aliphatic carbocycles. The highest BCUT2D eigenvalue weighted by atomic mass is 16.4. The highest BCUT2D eigenvalue weighted by Gasteiger charge is 2.34. The molecule has 4 rings (SSSR count). The SMILES string of the molecule is Cc1ccc(C(=O)C(=O)O)c2c3c(n(Cc4ccccc4)c12)CCCC3C(N)=O. The van der Waals surface area contributed by atoms with Crippen molar-refractivity contribution in [1.82, 2.24) is 4.57 Å². The third-order valence-electron chi connectivity index (χ3n) is 5.78. The van der Waals surface area contributed by atoms with Gasteiger partial charge in [-0.2, -0.15) is 0 Å². The van der Waals surface area contributed by atoms with E-state index in [2.05, 4.69) is 4.57 Å². The van der Waals surface area contributed by atoms with Crippen molar-refractivity contribution in [1.29, 1.82) is 0 Å². The first-order valence-electron chi connectivity index (χ1n) is 9.65. The molecule has 3 aromatic rings. The Bertz CT molecular complexity index is 1140. The van der Waals surface area contributed by atoms with Gasteiger partial charge in [-0.25, -0.2) is 4.79 Å². The number of primary amides is 1. The number of carbonyl (C=O) groups excluding carboxylic acids is 2. The van der Waals surface area contributed by atoms with E-state index < -0.39 is 23.6 Å². The quantitative estimate of drug-likeness (QED) is 0.516. The van der Waals surface area contributed by atoms with Crippen molar-refractivity contribution in [2.75, 3.05) is 0 Å². The number of benzene rings is 2. The summed E-state index contributed by atoms with van der Waals surface area (Å²) >= 11 is 0. The van der Waals surface area contributed by atoms with Crippen LogP contribution in [0.25, 0.3) is 10.9 Å². The summed E-state index contributed by atoms with van der Waals surface area (Å²) in [6.45, 7) is 2.51. The fraction of sp³-hybridized carbons (Fsp3) is 0.261. The van der Waals surface area contributed by atoms with Crippen molar-refractivity contribution < 1.29 is 19.5 Å². The van der Waals surface area contributed by atoms with Crippen LogP contribution in [0.3, 0.4) is 0 Å². The van der Waals surface area contributed by atoms with Gasteiger partial charge in [0.15, 0.2) is 0 Å². The van der Waals surface area contributed by atoms with Gasteiger partial charge in [0.2, 0.25) is 5.91 Å². The van der Waals surface area contributed by atoms with E-state index in [1.807, 2.05) is 37.3 Å². The maximum absolute atomic E-state index is 12.5. The summed E-state index contributed by atoms with van der Waals surface area (Å²) in [4.78, 5) is 36.2. The maximum Gasteiger partial charge on any atom is 0.377 e. The molecular formula is C23H22N2O4. The molecule has 0 saturated heterocycles. The number of carbonyl (C=O) groups is 3. The second-order valence-electron chi connectivity index (χ2n) is 7.57. The monoisotopic (exact) mass is 390 g/mol. The van der Waals surface area contributed by atoms with Gasteiger partial charge in [-0.3, -0.25) is 9.59 Å². The fourth-order valence-corrected chi connectivity index (χ4v) is 4.53. The molecule has 1 amide bonds. The summed E-state index contributed by atoms with van der Waals surface area (Å²) in [6.07, 6.45) is 2.16. The number of hydrogen-bond donors (Lipinski definition) is 2. The van der Waals surface area contributed by atoms with Crippen molar-refractivity contribution in [2.24, 2.45) is 5.73 Å². The molecule has 0 bridgehead atoms. The smallest absolute Gasteiger partial charge is 0.377 e. The van der Waals surface area contributed by atoms with Crippen LogP contribution in [-0.2, 0) is 22.6 Å². The Kier molecular flexibility index (Phi) is 4.70. The van der Waals surface area contributed by atoms with Crippen molar-refractivity contribution in [3.05, 3.63) is 70.4 Å². The highest BCUT2D eigenvalue weighted by Crippen LogP contribution is 2.42. The molecule has 29 heavy (non-hydrogen) atoms. The number of aromatic nitrogens is 1. The zero-order valence-electron chi connectivity index (χ0n) is 16.1. The van der Waals surface area contributed by atoms with Gasteiger partial charge in [0.1, 0.15) is 0 Å². The lowest BCUT2D eigenvalue weighted by molar-refractivity contribution is -0.131. The van der Waals surface area contributed by atoms with Gasteiger partial charge in [-0.05, 0) is 48.9 Å². The lowest BCUT2D eigenvalue weighted by atomic mass is 9.83. The molecule has 6 nitrogen and oxygen atoms in total. The first-order valence-corrected chi connectivity index (χ1v) is 9.65. The molecular weight excluding hydrogens is 368 g/mol.